The van der Waals surface area contributed by atoms with Crippen LogP contribution in [0.5, 0.6) is 0 Å². The number of rotatable bonds is 5. The van der Waals surface area contributed by atoms with Crippen LogP contribution in [-0.4, -0.2) is 30.1 Å². The molecule has 0 aromatic rings. The summed E-state index contributed by atoms with van der Waals surface area (Å²) in [5, 5.41) is 0. The minimum atomic E-state index is 0.711. The third kappa shape index (κ3) is 1.64. The average Bonchev–Trinajstić information content (AvgIpc) is 2.85. The van der Waals surface area contributed by atoms with Crippen molar-refractivity contribution < 1.29 is 0 Å². The second kappa shape index (κ2) is 3.35. The van der Waals surface area contributed by atoms with Crippen LogP contribution in [0.25, 0.3) is 0 Å². The Morgan fingerprint density at radius 3 is 2.33 bits per heavy atom. The molecule has 2 saturated carbocycles. The molecule has 0 saturated heterocycles. The van der Waals surface area contributed by atoms with Crippen LogP contribution in [0.3, 0.4) is 0 Å². The number of hydrogen-bond donors (Lipinski definition) is 1. The molecule has 2 N–H and O–H groups in total. The Morgan fingerprint density at radius 1 is 1.33 bits per heavy atom. The molecule has 0 heterocycles. The summed E-state index contributed by atoms with van der Waals surface area (Å²) in [5.74, 6) is 0.940. The quantitative estimate of drug-likeness (QED) is 0.668. The van der Waals surface area contributed by atoms with Gasteiger partial charge in [0.2, 0.25) is 0 Å². The van der Waals surface area contributed by atoms with E-state index in [1.54, 1.807) is 0 Å². The van der Waals surface area contributed by atoms with Crippen molar-refractivity contribution in [2.24, 2.45) is 11.7 Å². The van der Waals surface area contributed by atoms with Gasteiger partial charge in [-0.1, -0.05) is 6.92 Å². The lowest BCUT2D eigenvalue weighted by atomic mass is 10.1. The van der Waals surface area contributed by atoms with Gasteiger partial charge in [-0.3, -0.25) is 4.90 Å². The molecular weight excluding hydrogens is 148 g/mol. The summed E-state index contributed by atoms with van der Waals surface area (Å²) in [5.41, 5.74) is 5.81. The van der Waals surface area contributed by atoms with E-state index in [0.717, 1.165) is 18.5 Å². The van der Waals surface area contributed by atoms with E-state index in [1.807, 2.05) is 0 Å². The fourth-order valence-electron chi connectivity index (χ4n) is 2.25. The lowest BCUT2D eigenvalue weighted by Crippen LogP contribution is -2.43. The SMILES string of the molecule is CCN(C1CC1)C(CN)C1CC1. The summed E-state index contributed by atoms with van der Waals surface area (Å²) in [6.07, 6.45) is 5.67. The van der Waals surface area contributed by atoms with Crippen LogP contribution in [-0.2, 0) is 0 Å². The second-order valence-electron chi connectivity index (χ2n) is 4.20. The molecule has 0 bridgehead atoms. The maximum atomic E-state index is 5.81. The van der Waals surface area contributed by atoms with Crippen LogP contribution in [0.2, 0.25) is 0 Å². The average molecular weight is 168 g/mol. The minimum absolute atomic E-state index is 0.711. The molecule has 70 valence electrons. The van der Waals surface area contributed by atoms with Crippen LogP contribution in [0.15, 0.2) is 0 Å². The Balaban J connectivity index is 1.91. The highest BCUT2D eigenvalue weighted by Crippen LogP contribution is 2.39. The zero-order chi connectivity index (χ0) is 8.55. The highest BCUT2D eigenvalue weighted by molar-refractivity contribution is 4.95. The zero-order valence-electron chi connectivity index (χ0n) is 8.00. The molecule has 2 nitrogen and oxygen atoms in total. The van der Waals surface area contributed by atoms with E-state index in [2.05, 4.69) is 11.8 Å². The predicted octanol–water partition coefficient (Wildman–Crippen LogP) is 1.21. The summed E-state index contributed by atoms with van der Waals surface area (Å²) >= 11 is 0. The molecule has 0 aliphatic heterocycles. The van der Waals surface area contributed by atoms with Gasteiger partial charge in [-0.15, -0.1) is 0 Å². The molecule has 1 unspecified atom stereocenters. The predicted molar refractivity (Wildman–Crippen MR) is 51.0 cm³/mol. The van der Waals surface area contributed by atoms with Crippen molar-refractivity contribution in [1.82, 2.24) is 4.90 Å². The molecule has 12 heavy (non-hydrogen) atoms. The third-order valence-corrected chi connectivity index (χ3v) is 3.21. The Labute approximate surface area is 75.1 Å². The van der Waals surface area contributed by atoms with Gasteiger partial charge in [0.05, 0.1) is 0 Å². The lowest BCUT2D eigenvalue weighted by molar-refractivity contribution is 0.180. The van der Waals surface area contributed by atoms with E-state index in [4.69, 9.17) is 5.73 Å². The number of hydrogen-bond acceptors (Lipinski definition) is 2. The fourth-order valence-corrected chi connectivity index (χ4v) is 2.25. The molecule has 2 rings (SSSR count). The first-order valence-corrected chi connectivity index (χ1v) is 5.32. The largest absolute Gasteiger partial charge is 0.329 e. The zero-order valence-corrected chi connectivity index (χ0v) is 8.00. The van der Waals surface area contributed by atoms with Crippen LogP contribution in [0, 0.1) is 5.92 Å². The summed E-state index contributed by atoms with van der Waals surface area (Å²) in [6.45, 7) is 4.33. The van der Waals surface area contributed by atoms with Gasteiger partial charge < -0.3 is 5.73 Å². The monoisotopic (exact) mass is 168 g/mol. The first kappa shape index (κ1) is 8.52. The molecule has 2 heteroatoms. The summed E-state index contributed by atoms with van der Waals surface area (Å²) in [4.78, 5) is 2.64. The van der Waals surface area contributed by atoms with Crippen molar-refractivity contribution in [3.8, 4) is 0 Å². The molecule has 0 radical (unpaired) electrons. The molecular formula is C10H20N2. The molecule has 0 amide bonds. The maximum Gasteiger partial charge on any atom is 0.0249 e. The number of likely N-dealkylation sites (N-methyl/N-ethyl adjacent to an activating group) is 1. The summed E-state index contributed by atoms with van der Waals surface area (Å²) in [6, 6.07) is 1.60. The maximum absolute atomic E-state index is 5.81. The second-order valence-corrected chi connectivity index (χ2v) is 4.20. The van der Waals surface area contributed by atoms with Crippen molar-refractivity contribution in [3.05, 3.63) is 0 Å². The highest BCUT2D eigenvalue weighted by atomic mass is 15.2. The van der Waals surface area contributed by atoms with E-state index in [1.165, 1.54) is 32.2 Å². The van der Waals surface area contributed by atoms with E-state index >= 15 is 0 Å². The van der Waals surface area contributed by atoms with Crippen molar-refractivity contribution >= 4 is 0 Å². The van der Waals surface area contributed by atoms with Gasteiger partial charge in [0.1, 0.15) is 0 Å². The van der Waals surface area contributed by atoms with Crippen molar-refractivity contribution in [2.45, 2.75) is 44.7 Å². The van der Waals surface area contributed by atoms with Gasteiger partial charge in [0, 0.05) is 18.6 Å². The first-order chi connectivity index (χ1) is 5.86. The van der Waals surface area contributed by atoms with E-state index in [-0.39, 0.29) is 0 Å². The van der Waals surface area contributed by atoms with Gasteiger partial charge in [0.25, 0.3) is 0 Å². The minimum Gasteiger partial charge on any atom is -0.329 e. The molecule has 2 fully saturated rings. The van der Waals surface area contributed by atoms with Crippen molar-refractivity contribution in [3.63, 3.8) is 0 Å². The molecule has 0 spiro atoms. The normalized spacial score (nSPS) is 26.2. The number of nitrogens with zero attached hydrogens (tertiary/aromatic N) is 1. The van der Waals surface area contributed by atoms with Crippen LogP contribution in [0.4, 0.5) is 0 Å². The molecule has 2 aliphatic rings. The van der Waals surface area contributed by atoms with Crippen LogP contribution < -0.4 is 5.73 Å². The van der Waals surface area contributed by atoms with E-state index < -0.39 is 0 Å². The Kier molecular flexibility index (Phi) is 2.37. The van der Waals surface area contributed by atoms with Gasteiger partial charge in [-0.05, 0) is 38.1 Å². The van der Waals surface area contributed by atoms with Gasteiger partial charge in [-0.2, -0.15) is 0 Å². The Morgan fingerprint density at radius 2 is 2.00 bits per heavy atom. The Hall–Kier alpha value is -0.0800. The summed E-state index contributed by atoms with van der Waals surface area (Å²) < 4.78 is 0. The Bertz CT molecular complexity index is 132. The van der Waals surface area contributed by atoms with Crippen molar-refractivity contribution in [2.75, 3.05) is 13.1 Å². The number of nitrogens with two attached hydrogens (primary N) is 1. The smallest absolute Gasteiger partial charge is 0.0249 e. The standard InChI is InChI=1S/C10H20N2/c1-2-12(9-5-6-9)10(7-11)8-3-4-8/h8-10H,2-7,11H2,1H3. The third-order valence-electron chi connectivity index (χ3n) is 3.21. The van der Waals surface area contributed by atoms with E-state index in [9.17, 15) is 0 Å². The topological polar surface area (TPSA) is 29.3 Å². The van der Waals surface area contributed by atoms with Gasteiger partial charge >= 0.3 is 0 Å². The lowest BCUT2D eigenvalue weighted by Gasteiger charge is -2.29. The van der Waals surface area contributed by atoms with Crippen LogP contribution >= 0.6 is 0 Å². The highest BCUT2D eigenvalue weighted by Gasteiger charge is 2.39. The van der Waals surface area contributed by atoms with Crippen LogP contribution in [0.1, 0.15) is 32.6 Å². The van der Waals surface area contributed by atoms with E-state index in [0.29, 0.717) is 6.04 Å². The molecule has 0 aromatic heterocycles. The van der Waals surface area contributed by atoms with Crippen molar-refractivity contribution in [1.29, 1.82) is 0 Å². The van der Waals surface area contributed by atoms with Gasteiger partial charge in [-0.25, -0.2) is 0 Å². The first-order valence-electron chi connectivity index (χ1n) is 5.32. The molecule has 2 aliphatic carbocycles. The molecule has 1 atom stereocenters. The van der Waals surface area contributed by atoms with Gasteiger partial charge in [0.15, 0.2) is 0 Å². The molecule has 0 aromatic carbocycles. The summed E-state index contributed by atoms with van der Waals surface area (Å²) in [7, 11) is 0. The fraction of sp³-hybridized carbons (Fsp3) is 1.00.